The molecule has 1 aromatic rings. The van der Waals surface area contributed by atoms with Gasteiger partial charge in [-0.25, -0.2) is 4.79 Å². The molecular formula is C15H19NO6. The van der Waals surface area contributed by atoms with Gasteiger partial charge in [-0.1, -0.05) is 18.2 Å². The lowest BCUT2D eigenvalue weighted by Gasteiger charge is -2.13. The molecule has 0 bridgehead atoms. The van der Waals surface area contributed by atoms with E-state index in [1.807, 2.05) is 30.4 Å². The Bertz CT molecular complexity index is 543. The van der Waals surface area contributed by atoms with Crippen LogP contribution in [0, 0.1) is 6.92 Å². The molecule has 0 aromatic heterocycles. The van der Waals surface area contributed by atoms with E-state index in [4.69, 9.17) is 9.47 Å². The minimum atomic E-state index is -1.09. The Balaban J connectivity index is 2.32. The molecule has 0 saturated heterocycles. The molecule has 0 aliphatic heterocycles. The second kappa shape index (κ2) is 8.66. The summed E-state index contributed by atoms with van der Waals surface area (Å²) in [7, 11) is 1.13. The van der Waals surface area contributed by atoms with Crippen molar-refractivity contribution in [2.45, 2.75) is 26.4 Å². The standard InChI is InChI=1S/C15H19NO6/c1-10-6-4-5-7-12(10)21-9-8-13(17)22-11(2)14(18)16-15(19)20-3/h4-7,11H,8-9H2,1-3H3,(H,16,18,19)/t11-/m0/s1. The molecule has 22 heavy (non-hydrogen) atoms. The van der Waals surface area contributed by atoms with Gasteiger partial charge in [-0.05, 0) is 25.5 Å². The average Bonchev–Trinajstić information content (AvgIpc) is 2.48. The van der Waals surface area contributed by atoms with Crippen LogP contribution in [0.5, 0.6) is 5.75 Å². The van der Waals surface area contributed by atoms with Gasteiger partial charge in [-0.15, -0.1) is 0 Å². The number of esters is 1. The molecule has 7 nitrogen and oxygen atoms in total. The van der Waals surface area contributed by atoms with Gasteiger partial charge in [0.1, 0.15) is 5.75 Å². The summed E-state index contributed by atoms with van der Waals surface area (Å²) in [6.07, 6.45) is -2.01. The van der Waals surface area contributed by atoms with Gasteiger partial charge in [0.2, 0.25) is 0 Å². The molecule has 0 spiro atoms. The highest BCUT2D eigenvalue weighted by atomic mass is 16.6. The number of imide groups is 1. The maximum atomic E-state index is 11.6. The molecule has 0 saturated carbocycles. The summed E-state index contributed by atoms with van der Waals surface area (Å²) < 4.78 is 14.6. The number of carbonyl (C=O) groups is 3. The third-order valence-corrected chi connectivity index (χ3v) is 2.75. The summed E-state index contributed by atoms with van der Waals surface area (Å²) in [4.78, 5) is 33.9. The molecule has 1 N–H and O–H groups in total. The van der Waals surface area contributed by atoms with Crippen molar-refractivity contribution < 1.29 is 28.6 Å². The van der Waals surface area contributed by atoms with E-state index in [0.717, 1.165) is 12.7 Å². The van der Waals surface area contributed by atoms with Crippen LogP contribution in [0.1, 0.15) is 18.9 Å². The molecule has 0 aliphatic carbocycles. The third-order valence-electron chi connectivity index (χ3n) is 2.75. The smallest absolute Gasteiger partial charge is 0.413 e. The lowest BCUT2D eigenvalue weighted by atomic mass is 10.2. The molecule has 1 rings (SSSR count). The summed E-state index contributed by atoms with van der Waals surface area (Å²) >= 11 is 0. The maximum absolute atomic E-state index is 11.6. The van der Waals surface area contributed by atoms with Crippen LogP contribution in [-0.4, -0.2) is 37.8 Å². The minimum absolute atomic E-state index is 0.00974. The molecule has 7 heteroatoms. The highest BCUT2D eigenvalue weighted by molar-refractivity contribution is 5.94. The number of aryl methyl sites for hydroxylation is 1. The summed E-state index contributed by atoms with van der Waals surface area (Å²) in [5.41, 5.74) is 0.960. The predicted octanol–water partition coefficient (Wildman–Crippen LogP) is 1.58. The molecule has 1 atom stereocenters. The van der Waals surface area contributed by atoms with E-state index in [1.54, 1.807) is 6.07 Å². The predicted molar refractivity (Wildman–Crippen MR) is 77.4 cm³/mol. The highest BCUT2D eigenvalue weighted by Gasteiger charge is 2.20. The molecule has 1 aromatic carbocycles. The number of nitrogens with one attached hydrogen (secondary N) is 1. The van der Waals surface area contributed by atoms with Crippen LogP contribution in [0.2, 0.25) is 0 Å². The van der Waals surface area contributed by atoms with Crippen molar-refractivity contribution in [2.75, 3.05) is 13.7 Å². The molecule has 0 fully saturated rings. The molecule has 120 valence electrons. The lowest BCUT2D eigenvalue weighted by molar-refractivity contribution is -0.155. The van der Waals surface area contributed by atoms with Gasteiger partial charge in [0, 0.05) is 0 Å². The monoisotopic (exact) mass is 309 g/mol. The van der Waals surface area contributed by atoms with Crippen molar-refractivity contribution >= 4 is 18.0 Å². The maximum Gasteiger partial charge on any atom is 0.413 e. The Morgan fingerprint density at radius 3 is 2.55 bits per heavy atom. The number of alkyl carbamates (subject to hydrolysis) is 1. The SMILES string of the molecule is COC(=O)NC(=O)[C@H](C)OC(=O)CCOc1ccccc1C. The van der Waals surface area contributed by atoms with Gasteiger partial charge in [0.15, 0.2) is 6.10 Å². The van der Waals surface area contributed by atoms with Crippen LogP contribution in [0.15, 0.2) is 24.3 Å². The molecule has 0 unspecified atom stereocenters. The molecule has 0 radical (unpaired) electrons. The largest absolute Gasteiger partial charge is 0.493 e. The number of hydrogen-bond donors (Lipinski definition) is 1. The Morgan fingerprint density at radius 2 is 1.91 bits per heavy atom. The van der Waals surface area contributed by atoms with Crippen molar-refractivity contribution in [3.8, 4) is 5.75 Å². The van der Waals surface area contributed by atoms with Crippen molar-refractivity contribution in [3.63, 3.8) is 0 Å². The number of rotatable bonds is 6. The zero-order valence-electron chi connectivity index (χ0n) is 12.8. The number of carbonyl (C=O) groups excluding carboxylic acids is 3. The van der Waals surface area contributed by atoms with Gasteiger partial charge < -0.3 is 14.2 Å². The number of hydrogen-bond acceptors (Lipinski definition) is 6. The van der Waals surface area contributed by atoms with E-state index in [0.29, 0.717) is 5.75 Å². The minimum Gasteiger partial charge on any atom is -0.493 e. The van der Waals surface area contributed by atoms with E-state index in [-0.39, 0.29) is 13.0 Å². The fraction of sp³-hybridized carbons (Fsp3) is 0.400. The van der Waals surface area contributed by atoms with E-state index in [2.05, 4.69) is 4.74 Å². The van der Waals surface area contributed by atoms with Crippen molar-refractivity contribution in [1.29, 1.82) is 0 Å². The van der Waals surface area contributed by atoms with Gasteiger partial charge >= 0.3 is 12.1 Å². The van der Waals surface area contributed by atoms with E-state index >= 15 is 0 Å². The van der Waals surface area contributed by atoms with Crippen LogP contribution in [0.3, 0.4) is 0 Å². The van der Waals surface area contributed by atoms with Crippen LogP contribution in [-0.2, 0) is 19.1 Å². The average molecular weight is 309 g/mol. The summed E-state index contributed by atoms with van der Waals surface area (Å²) in [6, 6.07) is 7.41. The van der Waals surface area contributed by atoms with Crippen molar-refractivity contribution in [1.82, 2.24) is 5.32 Å². The van der Waals surface area contributed by atoms with Crippen LogP contribution < -0.4 is 10.1 Å². The Morgan fingerprint density at radius 1 is 1.23 bits per heavy atom. The topological polar surface area (TPSA) is 90.9 Å². The van der Waals surface area contributed by atoms with E-state index in [1.165, 1.54) is 6.92 Å². The normalized spacial score (nSPS) is 11.2. The zero-order valence-corrected chi connectivity index (χ0v) is 12.8. The quantitative estimate of drug-likeness (QED) is 0.802. The lowest BCUT2D eigenvalue weighted by Crippen LogP contribution is -2.39. The molecule has 0 heterocycles. The van der Waals surface area contributed by atoms with Crippen molar-refractivity contribution in [3.05, 3.63) is 29.8 Å². The molecule has 0 aliphatic rings. The van der Waals surface area contributed by atoms with E-state index in [9.17, 15) is 14.4 Å². The molecular weight excluding hydrogens is 290 g/mol. The van der Waals surface area contributed by atoms with Crippen LogP contribution in [0.25, 0.3) is 0 Å². The number of amides is 2. The van der Waals surface area contributed by atoms with Crippen LogP contribution in [0.4, 0.5) is 4.79 Å². The summed E-state index contributed by atoms with van der Waals surface area (Å²) in [6.45, 7) is 3.39. The first kappa shape index (κ1) is 17.5. The second-order valence-electron chi connectivity index (χ2n) is 4.48. The zero-order chi connectivity index (χ0) is 16.5. The second-order valence-corrected chi connectivity index (χ2v) is 4.48. The summed E-state index contributed by atoms with van der Waals surface area (Å²) in [5.74, 6) is -0.659. The fourth-order valence-electron chi connectivity index (χ4n) is 1.53. The summed E-state index contributed by atoms with van der Waals surface area (Å²) in [5, 5.41) is 1.92. The number of methoxy groups -OCH3 is 1. The Kier molecular flexibility index (Phi) is 6.88. The fourth-order valence-corrected chi connectivity index (χ4v) is 1.53. The number of ether oxygens (including phenoxy) is 3. The first-order valence-corrected chi connectivity index (χ1v) is 6.70. The first-order valence-electron chi connectivity index (χ1n) is 6.70. The Labute approximate surface area is 128 Å². The Hall–Kier alpha value is -2.57. The first-order chi connectivity index (χ1) is 10.4. The third kappa shape index (κ3) is 5.82. The van der Waals surface area contributed by atoms with Gasteiger partial charge in [0.05, 0.1) is 20.1 Å². The van der Waals surface area contributed by atoms with Gasteiger partial charge in [-0.2, -0.15) is 0 Å². The van der Waals surface area contributed by atoms with Gasteiger partial charge in [-0.3, -0.25) is 14.9 Å². The van der Waals surface area contributed by atoms with E-state index < -0.39 is 24.1 Å². The van der Waals surface area contributed by atoms with Crippen molar-refractivity contribution in [2.24, 2.45) is 0 Å². The van der Waals surface area contributed by atoms with Gasteiger partial charge in [0.25, 0.3) is 5.91 Å². The van der Waals surface area contributed by atoms with Crippen LogP contribution >= 0.6 is 0 Å². The number of para-hydroxylation sites is 1. The number of benzene rings is 1. The highest BCUT2D eigenvalue weighted by Crippen LogP contribution is 2.16. The molecule has 2 amide bonds.